The number of hydrogen-bond donors (Lipinski definition) is 0. The van der Waals surface area contributed by atoms with Crippen molar-refractivity contribution >= 4 is 6.08 Å². The Balaban J connectivity index is 2.72. The van der Waals surface area contributed by atoms with Crippen molar-refractivity contribution in [1.82, 2.24) is 0 Å². The summed E-state index contributed by atoms with van der Waals surface area (Å²) < 4.78 is 11.6. The van der Waals surface area contributed by atoms with Crippen LogP contribution in [0.2, 0.25) is 0 Å². The fourth-order valence-corrected chi connectivity index (χ4v) is 0.749. The van der Waals surface area contributed by atoms with Crippen molar-refractivity contribution in [3.05, 3.63) is 47.7 Å². The predicted octanol–water partition coefficient (Wildman–Crippen LogP) is 2.82. The SMILES string of the molecule is FCC=C=Cc1ccccc1. The molecule has 1 rings (SSSR count). The van der Waals surface area contributed by atoms with E-state index in [0.717, 1.165) is 5.56 Å². The Morgan fingerprint density at radius 3 is 2.64 bits per heavy atom. The van der Waals surface area contributed by atoms with Crippen LogP contribution in [0, 0.1) is 0 Å². The maximum Gasteiger partial charge on any atom is 0.115 e. The van der Waals surface area contributed by atoms with Gasteiger partial charge in [0.25, 0.3) is 0 Å². The van der Waals surface area contributed by atoms with Crippen LogP contribution in [0.5, 0.6) is 0 Å². The third-order valence-corrected chi connectivity index (χ3v) is 1.24. The van der Waals surface area contributed by atoms with Gasteiger partial charge < -0.3 is 0 Å². The molecule has 0 aliphatic heterocycles. The van der Waals surface area contributed by atoms with Crippen LogP contribution >= 0.6 is 0 Å². The minimum Gasteiger partial charge on any atom is -0.246 e. The van der Waals surface area contributed by atoms with Gasteiger partial charge in [-0.1, -0.05) is 30.3 Å². The molecule has 0 heterocycles. The van der Waals surface area contributed by atoms with Gasteiger partial charge in [0.05, 0.1) is 0 Å². The summed E-state index contributed by atoms with van der Waals surface area (Å²) in [5, 5.41) is 0. The molecule has 0 nitrogen and oxygen atoms in total. The van der Waals surface area contributed by atoms with Gasteiger partial charge in [0, 0.05) is 0 Å². The molecule has 0 saturated carbocycles. The maximum atomic E-state index is 11.6. The predicted molar refractivity (Wildman–Crippen MR) is 45.0 cm³/mol. The molecular formula is C10H9F. The monoisotopic (exact) mass is 148 g/mol. The lowest BCUT2D eigenvalue weighted by Gasteiger charge is -1.85. The zero-order valence-electron chi connectivity index (χ0n) is 6.13. The van der Waals surface area contributed by atoms with Crippen LogP contribution in [-0.2, 0) is 0 Å². The molecule has 0 bridgehead atoms. The smallest absolute Gasteiger partial charge is 0.115 e. The molecule has 0 aliphatic rings. The Morgan fingerprint density at radius 2 is 2.00 bits per heavy atom. The zero-order valence-corrected chi connectivity index (χ0v) is 6.13. The van der Waals surface area contributed by atoms with Crippen LogP contribution in [0.4, 0.5) is 4.39 Å². The van der Waals surface area contributed by atoms with Gasteiger partial charge in [-0.25, -0.2) is 4.39 Å². The molecule has 0 unspecified atom stereocenters. The molecule has 1 aromatic carbocycles. The molecule has 1 aromatic rings. The molecule has 11 heavy (non-hydrogen) atoms. The van der Waals surface area contributed by atoms with Crippen molar-refractivity contribution < 1.29 is 4.39 Å². The second-order valence-electron chi connectivity index (χ2n) is 2.08. The Kier molecular flexibility index (Phi) is 3.17. The summed E-state index contributed by atoms with van der Waals surface area (Å²) in [7, 11) is 0. The quantitative estimate of drug-likeness (QED) is 0.566. The summed E-state index contributed by atoms with van der Waals surface area (Å²) in [5.74, 6) is 0. The molecule has 0 amide bonds. The van der Waals surface area contributed by atoms with Crippen LogP contribution in [0.15, 0.2) is 42.1 Å². The molecular weight excluding hydrogens is 139 g/mol. The maximum absolute atomic E-state index is 11.6. The van der Waals surface area contributed by atoms with Crippen molar-refractivity contribution in [1.29, 1.82) is 0 Å². The summed E-state index contributed by atoms with van der Waals surface area (Å²) in [5.41, 5.74) is 3.77. The van der Waals surface area contributed by atoms with Gasteiger partial charge in [-0.05, 0) is 17.7 Å². The second kappa shape index (κ2) is 4.48. The van der Waals surface area contributed by atoms with Crippen molar-refractivity contribution in [3.8, 4) is 0 Å². The highest BCUT2D eigenvalue weighted by Crippen LogP contribution is 1.98. The van der Waals surface area contributed by atoms with Gasteiger partial charge in [0.2, 0.25) is 0 Å². The molecule has 0 aromatic heterocycles. The van der Waals surface area contributed by atoms with Crippen LogP contribution < -0.4 is 0 Å². The molecule has 0 fully saturated rings. The molecule has 0 radical (unpaired) electrons. The van der Waals surface area contributed by atoms with Crippen molar-refractivity contribution in [2.75, 3.05) is 6.67 Å². The van der Waals surface area contributed by atoms with E-state index in [1.807, 2.05) is 30.3 Å². The first-order chi connectivity index (χ1) is 5.43. The Labute approximate surface area is 65.7 Å². The third kappa shape index (κ3) is 2.83. The van der Waals surface area contributed by atoms with E-state index in [1.165, 1.54) is 6.08 Å². The average Bonchev–Trinajstić information content (AvgIpc) is 2.07. The van der Waals surface area contributed by atoms with Crippen molar-refractivity contribution in [2.24, 2.45) is 0 Å². The van der Waals surface area contributed by atoms with Gasteiger partial charge in [-0.3, -0.25) is 0 Å². The van der Waals surface area contributed by atoms with Gasteiger partial charge in [0.15, 0.2) is 0 Å². The van der Waals surface area contributed by atoms with Crippen LogP contribution in [0.25, 0.3) is 6.08 Å². The fraction of sp³-hybridized carbons (Fsp3) is 0.100. The lowest BCUT2D eigenvalue weighted by atomic mass is 10.2. The van der Waals surface area contributed by atoms with E-state index in [-0.39, 0.29) is 0 Å². The number of alkyl halides is 1. The number of halogens is 1. The van der Waals surface area contributed by atoms with Gasteiger partial charge >= 0.3 is 0 Å². The van der Waals surface area contributed by atoms with Crippen molar-refractivity contribution in [2.45, 2.75) is 0 Å². The van der Waals surface area contributed by atoms with E-state index in [0.29, 0.717) is 0 Å². The van der Waals surface area contributed by atoms with E-state index in [9.17, 15) is 4.39 Å². The van der Waals surface area contributed by atoms with Gasteiger partial charge in [0.1, 0.15) is 6.67 Å². The Bertz CT molecular complexity index is 255. The number of hydrogen-bond acceptors (Lipinski definition) is 0. The summed E-state index contributed by atoms with van der Waals surface area (Å²) in [6.07, 6.45) is 3.10. The fourth-order valence-electron chi connectivity index (χ4n) is 0.749. The minimum absolute atomic E-state index is 0.455. The lowest BCUT2D eigenvalue weighted by Crippen LogP contribution is -1.65. The molecule has 0 spiro atoms. The first-order valence-electron chi connectivity index (χ1n) is 3.45. The van der Waals surface area contributed by atoms with Gasteiger partial charge in [-0.2, -0.15) is 0 Å². The van der Waals surface area contributed by atoms with Gasteiger partial charge in [-0.15, -0.1) is 5.73 Å². The molecule has 1 heteroatoms. The van der Waals surface area contributed by atoms with Crippen LogP contribution in [-0.4, -0.2) is 6.67 Å². The number of rotatable bonds is 2. The second-order valence-corrected chi connectivity index (χ2v) is 2.08. The minimum atomic E-state index is -0.455. The highest BCUT2D eigenvalue weighted by molar-refractivity contribution is 5.47. The largest absolute Gasteiger partial charge is 0.246 e. The Hall–Kier alpha value is -1.33. The Morgan fingerprint density at radius 1 is 1.27 bits per heavy atom. The molecule has 0 aliphatic carbocycles. The summed E-state index contributed by atoms with van der Waals surface area (Å²) in [4.78, 5) is 0. The molecule has 56 valence electrons. The normalized spacial score (nSPS) is 8.45. The summed E-state index contributed by atoms with van der Waals surface area (Å²) in [6, 6.07) is 9.69. The zero-order chi connectivity index (χ0) is 7.94. The highest BCUT2D eigenvalue weighted by atomic mass is 19.1. The first kappa shape index (κ1) is 7.77. The van der Waals surface area contributed by atoms with E-state index in [2.05, 4.69) is 5.73 Å². The molecule has 0 atom stereocenters. The summed E-state index contributed by atoms with van der Waals surface area (Å²) >= 11 is 0. The average molecular weight is 148 g/mol. The van der Waals surface area contributed by atoms with E-state index in [4.69, 9.17) is 0 Å². The van der Waals surface area contributed by atoms with E-state index >= 15 is 0 Å². The van der Waals surface area contributed by atoms with Crippen molar-refractivity contribution in [3.63, 3.8) is 0 Å². The molecule has 0 saturated heterocycles. The van der Waals surface area contributed by atoms with E-state index < -0.39 is 6.67 Å². The highest BCUT2D eigenvalue weighted by Gasteiger charge is 1.78. The topological polar surface area (TPSA) is 0 Å². The lowest BCUT2D eigenvalue weighted by molar-refractivity contribution is 0.562. The molecule has 0 N–H and O–H groups in total. The standard InChI is InChI=1S/C10H9F/c11-9-5-4-8-10-6-2-1-3-7-10/h1-3,5-8H,9H2. The third-order valence-electron chi connectivity index (χ3n) is 1.24. The first-order valence-corrected chi connectivity index (χ1v) is 3.45. The van der Waals surface area contributed by atoms with Crippen LogP contribution in [0.3, 0.4) is 0 Å². The van der Waals surface area contributed by atoms with Crippen LogP contribution in [0.1, 0.15) is 5.56 Å². The van der Waals surface area contributed by atoms with E-state index in [1.54, 1.807) is 6.08 Å². The number of allylic oxidation sites excluding steroid dienone is 1. The summed E-state index contributed by atoms with van der Waals surface area (Å²) in [6.45, 7) is -0.455. The number of benzene rings is 1.